The fourth-order valence-electron chi connectivity index (χ4n) is 2.62. The molecule has 1 amide bonds. The zero-order chi connectivity index (χ0) is 15.0. The first-order valence-electron chi connectivity index (χ1n) is 6.81. The fraction of sp³-hybridized carbons (Fsp3) is 0.250. The Morgan fingerprint density at radius 2 is 2.05 bits per heavy atom. The minimum atomic E-state index is -0.935. The van der Waals surface area contributed by atoms with Crippen LogP contribution in [0.1, 0.15) is 36.9 Å². The predicted molar refractivity (Wildman–Crippen MR) is 82.5 cm³/mol. The lowest BCUT2D eigenvalue weighted by molar-refractivity contribution is 0.0696. The summed E-state index contributed by atoms with van der Waals surface area (Å²) in [5.41, 5.74) is 2.04. The quantitative estimate of drug-likeness (QED) is 0.925. The molecule has 3 rings (SSSR count). The predicted octanol–water partition coefficient (Wildman–Crippen LogP) is 3.35. The summed E-state index contributed by atoms with van der Waals surface area (Å²) < 4.78 is 0. The number of carboxylic acids is 1. The molecule has 0 saturated heterocycles. The van der Waals surface area contributed by atoms with E-state index in [1.54, 1.807) is 23.1 Å². The number of anilines is 1. The van der Waals surface area contributed by atoms with E-state index in [-0.39, 0.29) is 11.5 Å². The lowest BCUT2D eigenvalue weighted by Gasteiger charge is -2.29. The third-order valence-electron chi connectivity index (χ3n) is 3.64. The molecule has 0 unspecified atom stereocenters. The van der Waals surface area contributed by atoms with Crippen molar-refractivity contribution in [3.05, 3.63) is 51.2 Å². The molecule has 1 aromatic carbocycles. The van der Waals surface area contributed by atoms with Crippen LogP contribution in [-0.4, -0.2) is 23.5 Å². The summed E-state index contributed by atoms with van der Waals surface area (Å²) in [6.07, 6.45) is 1.66. The highest BCUT2D eigenvalue weighted by atomic mass is 32.1. The van der Waals surface area contributed by atoms with Crippen LogP contribution in [-0.2, 0) is 6.42 Å². The molecule has 5 heteroatoms. The third kappa shape index (κ3) is 2.56. The molecular formula is C16H15NO3S. The van der Waals surface area contributed by atoms with Gasteiger partial charge in [-0.3, -0.25) is 4.79 Å². The van der Waals surface area contributed by atoms with Gasteiger partial charge in [0.25, 0.3) is 5.91 Å². The number of thiophene rings is 1. The molecular weight excluding hydrogens is 286 g/mol. The molecule has 0 aliphatic carbocycles. The Bertz CT molecular complexity index is 720. The number of hydrogen-bond acceptors (Lipinski definition) is 3. The first-order chi connectivity index (χ1) is 10.1. The highest BCUT2D eigenvalue weighted by Gasteiger charge is 2.25. The number of amides is 1. The van der Waals surface area contributed by atoms with Crippen LogP contribution >= 0.6 is 11.3 Å². The average molecular weight is 301 g/mol. The molecule has 0 atom stereocenters. The van der Waals surface area contributed by atoms with Gasteiger partial charge in [-0.15, -0.1) is 11.3 Å². The van der Waals surface area contributed by atoms with Crippen molar-refractivity contribution >= 4 is 28.9 Å². The van der Waals surface area contributed by atoms with E-state index >= 15 is 0 Å². The van der Waals surface area contributed by atoms with Crippen LogP contribution in [0.5, 0.6) is 0 Å². The zero-order valence-electron chi connectivity index (χ0n) is 11.6. The molecule has 108 valence electrons. The molecule has 1 aliphatic heterocycles. The molecule has 2 aromatic rings. The maximum Gasteiger partial charge on any atom is 0.335 e. The van der Waals surface area contributed by atoms with Crippen LogP contribution in [0.3, 0.4) is 0 Å². The minimum Gasteiger partial charge on any atom is -0.478 e. The molecule has 0 fully saturated rings. The fourth-order valence-corrected chi connectivity index (χ4v) is 3.44. The van der Waals surface area contributed by atoms with Crippen LogP contribution in [0.4, 0.5) is 5.69 Å². The van der Waals surface area contributed by atoms with Crippen LogP contribution in [0.15, 0.2) is 30.3 Å². The molecule has 1 N–H and O–H groups in total. The first-order valence-corrected chi connectivity index (χ1v) is 7.62. The van der Waals surface area contributed by atoms with Crippen LogP contribution in [0.25, 0.3) is 0 Å². The van der Waals surface area contributed by atoms with Crippen molar-refractivity contribution in [3.63, 3.8) is 0 Å². The number of carbonyl (C=O) groups excluding carboxylic acids is 1. The van der Waals surface area contributed by atoms with Gasteiger partial charge < -0.3 is 10.0 Å². The Hall–Kier alpha value is -2.14. The van der Waals surface area contributed by atoms with Gasteiger partial charge in [0.15, 0.2) is 0 Å². The summed E-state index contributed by atoms with van der Waals surface area (Å²) >= 11 is 1.49. The topological polar surface area (TPSA) is 57.6 Å². The Morgan fingerprint density at radius 1 is 1.24 bits per heavy atom. The van der Waals surface area contributed by atoms with Gasteiger partial charge in [0, 0.05) is 17.1 Å². The van der Waals surface area contributed by atoms with Gasteiger partial charge in [-0.1, -0.05) is 0 Å². The van der Waals surface area contributed by atoms with Gasteiger partial charge in [0.1, 0.15) is 0 Å². The number of nitrogens with zero attached hydrogens (tertiary/aromatic N) is 1. The second-order valence-electron chi connectivity index (χ2n) is 5.12. The largest absolute Gasteiger partial charge is 0.478 e. The van der Waals surface area contributed by atoms with E-state index in [1.807, 2.05) is 19.1 Å². The summed E-state index contributed by atoms with van der Waals surface area (Å²) in [6, 6.07) is 8.78. The van der Waals surface area contributed by atoms with E-state index in [0.29, 0.717) is 6.54 Å². The molecule has 21 heavy (non-hydrogen) atoms. The Balaban J connectivity index is 1.97. The van der Waals surface area contributed by atoms with E-state index < -0.39 is 5.97 Å². The van der Waals surface area contributed by atoms with E-state index in [9.17, 15) is 9.59 Å². The maximum absolute atomic E-state index is 12.6. The molecule has 0 bridgehead atoms. The van der Waals surface area contributed by atoms with Gasteiger partial charge in [-0.25, -0.2) is 4.79 Å². The van der Waals surface area contributed by atoms with Crippen LogP contribution < -0.4 is 4.90 Å². The van der Waals surface area contributed by atoms with Gasteiger partial charge in [-0.2, -0.15) is 0 Å². The van der Waals surface area contributed by atoms with Crippen molar-refractivity contribution in [2.45, 2.75) is 19.8 Å². The van der Waals surface area contributed by atoms with Gasteiger partial charge in [0.05, 0.1) is 10.4 Å². The van der Waals surface area contributed by atoms with Crippen molar-refractivity contribution < 1.29 is 14.7 Å². The Kier molecular flexibility index (Phi) is 3.51. The third-order valence-corrected chi connectivity index (χ3v) is 4.63. The molecule has 0 radical (unpaired) electrons. The summed E-state index contributed by atoms with van der Waals surface area (Å²) in [4.78, 5) is 27.3. The number of hydrogen-bond donors (Lipinski definition) is 1. The second kappa shape index (κ2) is 5.33. The van der Waals surface area contributed by atoms with Gasteiger partial charge in [-0.05, 0) is 55.7 Å². The normalized spacial score (nSPS) is 13.9. The van der Waals surface area contributed by atoms with Crippen molar-refractivity contribution in [3.8, 4) is 0 Å². The van der Waals surface area contributed by atoms with E-state index in [1.165, 1.54) is 11.3 Å². The second-order valence-corrected chi connectivity index (χ2v) is 6.41. The van der Waals surface area contributed by atoms with Crippen molar-refractivity contribution in [2.75, 3.05) is 11.4 Å². The molecule has 4 nitrogen and oxygen atoms in total. The number of aromatic carboxylic acids is 1. The van der Waals surface area contributed by atoms with Crippen LogP contribution in [0.2, 0.25) is 0 Å². The Labute approximate surface area is 126 Å². The molecule has 1 aromatic heterocycles. The number of benzene rings is 1. The lowest BCUT2D eigenvalue weighted by atomic mass is 9.99. The number of carbonyl (C=O) groups is 2. The first kappa shape index (κ1) is 13.8. The smallest absolute Gasteiger partial charge is 0.335 e. The summed E-state index contributed by atoms with van der Waals surface area (Å²) in [5, 5.41) is 9.06. The number of fused-ring (bicyclic) bond motifs is 1. The van der Waals surface area contributed by atoms with E-state index in [4.69, 9.17) is 5.11 Å². The van der Waals surface area contributed by atoms with Crippen molar-refractivity contribution in [1.82, 2.24) is 0 Å². The highest BCUT2D eigenvalue weighted by Crippen LogP contribution is 2.30. The molecule has 1 aliphatic rings. The molecule has 0 saturated carbocycles. The lowest BCUT2D eigenvalue weighted by Crippen LogP contribution is -2.35. The zero-order valence-corrected chi connectivity index (χ0v) is 12.4. The SMILES string of the molecule is Cc1ccc(C(=O)N2CCCc3cc(C(=O)O)ccc32)s1. The summed E-state index contributed by atoms with van der Waals surface area (Å²) in [6.45, 7) is 2.65. The van der Waals surface area contributed by atoms with Crippen molar-refractivity contribution in [2.24, 2.45) is 0 Å². The molecule has 0 spiro atoms. The van der Waals surface area contributed by atoms with Gasteiger partial charge >= 0.3 is 5.97 Å². The number of rotatable bonds is 2. The monoisotopic (exact) mass is 301 g/mol. The number of carboxylic acid groups (broad SMARTS) is 1. The molecule has 2 heterocycles. The highest BCUT2D eigenvalue weighted by molar-refractivity contribution is 7.14. The minimum absolute atomic E-state index is 0.00266. The van der Waals surface area contributed by atoms with E-state index in [2.05, 4.69) is 0 Å². The van der Waals surface area contributed by atoms with Crippen LogP contribution in [0, 0.1) is 6.92 Å². The van der Waals surface area contributed by atoms with E-state index in [0.717, 1.165) is 33.8 Å². The average Bonchev–Trinajstić information content (AvgIpc) is 2.91. The van der Waals surface area contributed by atoms with Crippen molar-refractivity contribution in [1.29, 1.82) is 0 Å². The number of aryl methyl sites for hydroxylation is 2. The van der Waals surface area contributed by atoms with Gasteiger partial charge in [0.2, 0.25) is 0 Å². The summed E-state index contributed by atoms with van der Waals surface area (Å²) in [5.74, 6) is -0.938. The summed E-state index contributed by atoms with van der Waals surface area (Å²) in [7, 11) is 0. The maximum atomic E-state index is 12.6. The Morgan fingerprint density at radius 3 is 2.71 bits per heavy atom. The standard InChI is InChI=1S/C16H15NO3S/c1-10-4-7-14(21-10)15(18)17-8-2-3-11-9-12(16(19)20)5-6-13(11)17/h4-7,9H,2-3,8H2,1H3,(H,19,20).